The lowest BCUT2D eigenvalue weighted by Crippen LogP contribution is -1.84. The van der Waals surface area contributed by atoms with Gasteiger partial charge in [0.15, 0.2) is 5.75 Å². The van der Waals surface area contributed by atoms with Crippen molar-refractivity contribution in [2.24, 2.45) is 5.16 Å². The van der Waals surface area contributed by atoms with Gasteiger partial charge in [-0.2, -0.15) is 0 Å². The first-order valence-corrected chi connectivity index (χ1v) is 3.51. The summed E-state index contributed by atoms with van der Waals surface area (Å²) in [5.41, 5.74) is 0.949. The van der Waals surface area contributed by atoms with Gasteiger partial charge < -0.3 is 4.84 Å². The van der Waals surface area contributed by atoms with Crippen LogP contribution in [0.3, 0.4) is 0 Å². The lowest BCUT2D eigenvalue weighted by Gasteiger charge is -2.01. The molecular formula is C8H8ClNO. The van der Waals surface area contributed by atoms with Crippen LogP contribution in [0.5, 0.6) is 5.75 Å². The summed E-state index contributed by atoms with van der Waals surface area (Å²) in [4.78, 5) is 4.85. The van der Waals surface area contributed by atoms with Gasteiger partial charge in [0.1, 0.15) is 0 Å². The van der Waals surface area contributed by atoms with Crippen LogP contribution in [0.15, 0.2) is 23.4 Å². The van der Waals surface area contributed by atoms with Gasteiger partial charge in [-0.3, -0.25) is 0 Å². The van der Waals surface area contributed by atoms with Crippen LogP contribution < -0.4 is 4.84 Å². The number of halogens is 1. The molecule has 3 heteroatoms. The number of aryl methyl sites for hydroxylation is 1. The quantitative estimate of drug-likeness (QED) is 0.493. The van der Waals surface area contributed by atoms with Gasteiger partial charge in [0.2, 0.25) is 0 Å². The molecule has 0 spiro atoms. The lowest BCUT2D eigenvalue weighted by atomic mass is 10.2. The summed E-state index contributed by atoms with van der Waals surface area (Å²) in [5.74, 6) is 0.685. The van der Waals surface area contributed by atoms with Gasteiger partial charge in [-0.05, 0) is 30.7 Å². The molecule has 0 aliphatic carbocycles. The molecule has 0 bridgehead atoms. The van der Waals surface area contributed by atoms with E-state index in [0.717, 1.165) is 5.56 Å². The molecule has 0 aliphatic rings. The third-order valence-corrected chi connectivity index (χ3v) is 1.53. The van der Waals surface area contributed by atoms with Crippen molar-refractivity contribution in [3.63, 3.8) is 0 Å². The molecule has 0 amide bonds. The number of benzene rings is 1. The molecule has 0 atom stereocenters. The summed E-state index contributed by atoms with van der Waals surface area (Å²) in [6.07, 6.45) is 0. The number of hydrogen-bond acceptors (Lipinski definition) is 2. The van der Waals surface area contributed by atoms with Crippen molar-refractivity contribution in [2.45, 2.75) is 6.92 Å². The van der Waals surface area contributed by atoms with Crippen molar-refractivity contribution >= 4 is 18.3 Å². The van der Waals surface area contributed by atoms with Gasteiger partial charge in [-0.1, -0.05) is 16.8 Å². The first-order chi connectivity index (χ1) is 5.24. The van der Waals surface area contributed by atoms with E-state index >= 15 is 0 Å². The minimum atomic E-state index is 0.685. The molecule has 0 radical (unpaired) electrons. The molecule has 0 heterocycles. The second-order valence-corrected chi connectivity index (χ2v) is 2.57. The zero-order chi connectivity index (χ0) is 8.27. The third kappa shape index (κ3) is 1.95. The minimum Gasteiger partial charge on any atom is -0.357 e. The van der Waals surface area contributed by atoms with E-state index in [1.165, 1.54) is 0 Å². The molecule has 0 saturated carbocycles. The van der Waals surface area contributed by atoms with Crippen molar-refractivity contribution in [3.05, 3.63) is 28.8 Å². The smallest absolute Gasteiger partial charge is 0.160 e. The predicted octanol–water partition coefficient (Wildman–Crippen LogP) is 2.64. The average molecular weight is 170 g/mol. The van der Waals surface area contributed by atoms with Crippen molar-refractivity contribution in [3.8, 4) is 5.75 Å². The van der Waals surface area contributed by atoms with Crippen molar-refractivity contribution in [2.75, 3.05) is 0 Å². The Hall–Kier alpha value is -1.02. The van der Waals surface area contributed by atoms with Crippen LogP contribution in [0.2, 0.25) is 5.02 Å². The Morgan fingerprint density at radius 2 is 2.27 bits per heavy atom. The second kappa shape index (κ2) is 3.39. The van der Waals surface area contributed by atoms with E-state index in [4.69, 9.17) is 16.4 Å². The third-order valence-electron chi connectivity index (χ3n) is 1.30. The van der Waals surface area contributed by atoms with E-state index in [9.17, 15) is 0 Å². The Balaban J connectivity index is 2.98. The van der Waals surface area contributed by atoms with E-state index in [1.807, 2.05) is 13.0 Å². The van der Waals surface area contributed by atoms with Gasteiger partial charge in [0, 0.05) is 11.7 Å². The highest BCUT2D eigenvalue weighted by Crippen LogP contribution is 2.21. The first kappa shape index (κ1) is 8.08. The van der Waals surface area contributed by atoms with Crippen LogP contribution in [-0.2, 0) is 0 Å². The van der Waals surface area contributed by atoms with Crippen LogP contribution in [0, 0.1) is 6.92 Å². The molecule has 58 valence electrons. The van der Waals surface area contributed by atoms with Crippen LogP contribution in [0.4, 0.5) is 0 Å². The molecule has 1 aromatic rings. The van der Waals surface area contributed by atoms with Crippen molar-refractivity contribution in [1.29, 1.82) is 0 Å². The minimum absolute atomic E-state index is 0.685. The second-order valence-electron chi connectivity index (χ2n) is 2.13. The normalized spacial score (nSPS) is 9.27. The van der Waals surface area contributed by atoms with Crippen molar-refractivity contribution in [1.82, 2.24) is 0 Å². The van der Waals surface area contributed by atoms with E-state index in [-0.39, 0.29) is 0 Å². The van der Waals surface area contributed by atoms with E-state index < -0.39 is 0 Å². The van der Waals surface area contributed by atoms with Gasteiger partial charge in [-0.25, -0.2) is 0 Å². The Morgan fingerprint density at radius 1 is 1.55 bits per heavy atom. The maximum Gasteiger partial charge on any atom is 0.160 e. The van der Waals surface area contributed by atoms with Gasteiger partial charge in [0.25, 0.3) is 0 Å². The molecule has 0 saturated heterocycles. The fraction of sp³-hybridized carbons (Fsp3) is 0.125. The Labute approximate surface area is 70.4 Å². The maximum atomic E-state index is 5.72. The lowest BCUT2D eigenvalue weighted by molar-refractivity contribution is 0.343. The number of nitrogens with zero attached hydrogens (tertiary/aromatic N) is 1. The first-order valence-electron chi connectivity index (χ1n) is 3.13. The molecule has 1 rings (SSSR count). The highest BCUT2D eigenvalue weighted by Gasteiger charge is 1.98. The predicted molar refractivity (Wildman–Crippen MR) is 46.4 cm³/mol. The molecule has 0 aromatic heterocycles. The fourth-order valence-electron chi connectivity index (χ4n) is 0.785. The van der Waals surface area contributed by atoms with Crippen LogP contribution >= 0.6 is 11.6 Å². The Kier molecular flexibility index (Phi) is 2.49. The monoisotopic (exact) mass is 169 g/mol. The SMILES string of the molecule is C=NOc1ccc(Cl)cc1C. The number of rotatable bonds is 2. The molecular weight excluding hydrogens is 162 g/mol. The number of oxime groups is 1. The summed E-state index contributed by atoms with van der Waals surface area (Å²) in [6.45, 7) is 5.11. The zero-order valence-electron chi connectivity index (χ0n) is 6.17. The van der Waals surface area contributed by atoms with E-state index in [0.29, 0.717) is 10.8 Å². The molecule has 1 aromatic carbocycles. The highest BCUT2D eigenvalue weighted by atomic mass is 35.5. The molecule has 11 heavy (non-hydrogen) atoms. The van der Waals surface area contributed by atoms with E-state index in [2.05, 4.69) is 11.9 Å². The van der Waals surface area contributed by atoms with Gasteiger partial charge in [-0.15, -0.1) is 0 Å². The summed E-state index contributed by atoms with van der Waals surface area (Å²) < 4.78 is 0. The summed E-state index contributed by atoms with van der Waals surface area (Å²) in [5, 5.41) is 4.00. The standard InChI is InChI=1S/C8H8ClNO/c1-6-5-7(9)3-4-8(6)11-10-2/h3-5H,2H2,1H3. The van der Waals surface area contributed by atoms with Crippen molar-refractivity contribution < 1.29 is 4.84 Å². The Morgan fingerprint density at radius 3 is 2.82 bits per heavy atom. The van der Waals surface area contributed by atoms with Crippen LogP contribution in [-0.4, -0.2) is 6.72 Å². The highest BCUT2D eigenvalue weighted by molar-refractivity contribution is 6.30. The number of hydrogen-bond donors (Lipinski definition) is 0. The van der Waals surface area contributed by atoms with Gasteiger partial charge in [0.05, 0.1) is 0 Å². The molecule has 0 fully saturated rings. The summed E-state index contributed by atoms with van der Waals surface area (Å²) >= 11 is 5.72. The molecule has 0 unspecified atom stereocenters. The zero-order valence-corrected chi connectivity index (χ0v) is 6.93. The van der Waals surface area contributed by atoms with Crippen LogP contribution in [0.25, 0.3) is 0 Å². The summed E-state index contributed by atoms with van der Waals surface area (Å²) in [6, 6.07) is 5.31. The average Bonchev–Trinajstić information content (AvgIpc) is 1.95. The Bertz CT molecular complexity index is 273. The molecule has 2 nitrogen and oxygen atoms in total. The topological polar surface area (TPSA) is 21.6 Å². The molecule has 0 aliphatic heterocycles. The van der Waals surface area contributed by atoms with Gasteiger partial charge >= 0.3 is 0 Å². The van der Waals surface area contributed by atoms with Crippen LogP contribution in [0.1, 0.15) is 5.56 Å². The molecule has 0 N–H and O–H groups in total. The largest absolute Gasteiger partial charge is 0.357 e. The van der Waals surface area contributed by atoms with E-state index in [1.54, 1.807) is 12.1 Å². The summed E-state index contributed by atoms with van der Waals surface area (Å²) in [7, 11) is 0. The maximum absolute atomic E-state index is 5.72. The fourth-order valence-corrected chi connectivity index (χ4v) is 1.01.